The third-order valence-corrected chi connectivity index (χ3v) is 6.38. The number of carboxylic acid groups (broad SMARTS) is 1. The fourth-order valence-electron chi connectivity index (χ4n) is 3.44. The Hall–Kier alpha value is -2.83. The van der Waals surface area contributed by atoms with Crippen molar-refractivity contribution in [2.24, 2.45) is 0 Å². The first-order valence-electron chi connectivity index (χ1n) is 9.42. The molecule has 0 spiro atoms. The number of carbonyl (C=O) groups is 1. The Bertz CT molecular complexity index is 1130. The molecular formula is C23H20ClN3O2S. The molecule has 1 aliphatic rings. The first-order valence-corrected chi connectivity index (χ1v) is 10.7. The van der Waals surface area contributed by atoms with E-state index in [0.29, 0.717) is 11.6 Å². The van der Waals surface area contributed by atoms with E-state index in [1.807, 2.05) is 67.5 Å². The number of carboxylic acids is 1. The predicted octanol–water partition coefficient (Wildman–Crippen LogP) is 5.37. The number of aryl methyl sites for hydroxylation is 2. The third-order valence-electron chi connectivity index (χ3n) is 4.83. The molecule has 30 heavy (non-hydrogen) atoms. The zero-order chi connectivity index (χ0) is 21.3. The number of benzene rings is 1. The number of nitrogens with zero attached hydrogens (tertiary/aromatic N) is 3. The van der Waals surface area contributed by atoms with Gasteiger partial charge in [-0.1, -0.05) is 41.6 Å². The Morgan fingerprint density at radius 1 is 1.13 bits per heavy atom. The molecule has 5 nitrogen and oxygen atoms in total. The van der Waals surface area contributed by atoms with E-state index in [9.17, 15) is 9.90 Å². The lowest BCUT2D eigenvalue weighted by atomic mass is 10.1. The number of hydrogen-bond acceptors (Lipinski definition) is 5. The van der Waals surface area contributed by atoms with E-state index in [-0.39, 0.29) is 0 Å². The molecular weight excluding hydrogens is 418 g/mol. The number of halogens is 1. The highest BCUT2D eigenvalue weighted by Gasteiger charge is 2.32. The van der Waals surface area contributed by atoms with Crippen LogP contribution in [0.5, 0.6) is 0 Å². The van der Waals surface area contributed by atoms with Gasteiger partial charge in [-0.25, -0.2) is 4.79 Å². The van der Waals surface area contributed by atoms with Crippen LogP contribution in [0.25, 0.3) is 16.2 Å². The van der Waals surface area contributed by atoms with Gasteiger partial charge in [-0.15, -0.1) is 0 Å². The van der Waals surface area contributed by atoms with Crippen LogP contribution in [0.1, 0.15) is 22.4 Å². The van der Waals surface area contributed by atoms with Gasteiger partial charge < -0.3 is 10.0 Å². The van der Waals surface area contributed by atoms with E-state index in [0.717, 1.165) is 38.5 Å². The van der Waals surface area contributed by atoms with Gasteiger partial charge in [-0.2, -0.15) is 0 Å². The molecule has 4 rings (SSSR count). The highest BCUT2D eigenvalue weighted by molar-refractivity contribution is 8.09. The number of thioether (sulfide) groups is 1. The van der Waals surface area contributed by atoms with Gasteiger partial charge >= 0.3 is 5.97 Å². The Labute approximate surface area is 184 Å². The second-order valence-electron chi connectivity index (χ2n) is 7.18. The molecule has 3 aromatic rings. The van der Waals surface area contributed by atoms with Crippen molar-refractivity contribution < 1.29 is 9.90 Å². The normalized spacial score (nSPS) is 15.9. The molecule has 0 radical (unpaired) electrons. The third kappa shape index (κ3) is 4.35. The van der Waals surface area contributed by atoms with Crippen molar-refractivity contribution in [1.29, 1.82) is 0 Å². The van der Waals surface area contributed by atoms with Gasteiger partial charge in [-0.3, -0.25) is 9.97 Å². The minimum Gasteiger partial charge on any atom is -0.479 e. The first kappa shape index (κ1) is 20.4. The zero-order valence-corrected chi connectivity index (χ0v) is 18.1. The van der Waals surface area contributed by atoms with Crippen molar-refractivity contribution in [2.75, 3.05) is 0 Å². The lowest BCUT2D eigenvalue weighted by Gasteiger charge is -2.21. The summed E-state index contributed by atoms with van der Waals surface area (Å²) in [7, 11) is 0. The van der Waals surface area contributed by atoms with Crippen LogP contribution in [0.15, 0.2) is 61.1 Å². The topological polar surface area (TPSA) is 66.3 Å². The second kappa shape index (κ2) is 8.50. The smallest absolute Gasteiger partial charge is 0.337 e. The maximum atomic E-state index is 11.8. The van der Waals surface area contributed by atoms with Crippen molar-refractivity contribution in [3.8, 4) is 11.3 Å². The van der Waals surface area contributed by atoms with Crippen molar-refractivity contribution >= 4 is 34.2 Å². The molecule has 0 saturated heterocycles. The number of aliphatic carboxylic acids is 1. The van der Waals surface area contributed by atoms with E-state index in [4.69, 9.17) is 11.6 Å². The predicted molar refractivity (Wildman–Crippen MR) is 121 cm³/mol. The molecule has 0 saturated carbocycles. The SMILES string of the molecule is Cc1cc(-c2ncc(CN3C=C(c4ccc(Cl)cc4)SC3C(=O)O)cc2C)ccn1. The van der Waals surface area contributed by atoms with Gasteiger partial charge in [-0.05, 0) is 54.8 Å². The average molecular weight is 438 g/mol. The summed E-state index contributed by atoms with van der Waals surface area (Å²) >= 11 is 7.30. The molecule has 1 atom stereocenters. The van der Waals surface area contributed by atoms with Crippen molar-refractivity contribution in [1.82, 2.24) is 14.9 Å². The summed E-state index contributed by atoms with van der Waals surface area (Å²) in [6.07, 6.45) is 5.50. The van der Waals surface area contributed by atoms with Crippen LogP contribution >= 0.6 is 23.4 Å². The molecule has 1 aromatic carbocycles. The van der Waals surface area contributed by atoms with Crippen molar-refractivity contribution in [2.45, 2.75) is 25.8 Å². The van der Waals surface area contributed by atoms with Gasteiger partial charge in [0, 0.05) is 46.3 Å². The molecule has 1 N–H and O–H groups in total. The number of pyridine rings is 2. The van der Waals surface area contributed by atoms with Gasteiger partial charge in [0.05, 0.1) is 5.69 Å². The minimum absolute atomic E-state index is 0.463. The molecule has 152 valence electrons. The molecule has 1 unspecified atom stereocenters. The Morgan fingerprint density at radius 2 is 1.90 bits per heavy atom. The summed E-state index contributed by atoms with van der Waals surface area (Å²) < 4.78 is 0. The van der Waals surface area contributed by atoms with Crippen LogP contribution in [-0.2, 0) is 11.3 Å². The summed E-state index contributed by atoms with van der Waals surface area (Å²) in [6, 6.07) is 13.4. The Kier molecular flexibility index (Phi) is 5.79. The van der Waals surface area contributed by atoms with Gasteiger partial charge in [0.15, 0.2) is 5.37 Å². The molecule has 7 heteroatoms. The summed E-state index contributed by atoms with van der Waals surface area (Å²) in [4.78, 5) is 23.5. The molecule has 2 aromatic heterocycles. The number of aromatic nitrogens is 2. The molecule has 0 bridgehead atoms. The first-order chi connectivity index (χ1) is 14.4. The highest BCUT2D eigenvalue weighted by Crippen LogP contribution is 2.40. The average Bonchev–Trinajstić information content (AvgIpc) is 3.13. The fourth-order valence-corrected chi connectivity index (χ4v) is 4.65. The van der Waals surface area contributed by atoms with Crippen molar-refractivity contribution in [3.05, 3.63) is 88.5 Å². The maximum absolute atomic E-state index is 11.8. The standard InChI is InChI=1S/C23H20ClN3O2S/c1-14-9-16(11-26-21(14)18-7-8-25-15(2)10-18)12-27-13-20(30-22(27)23(28)29)17-3-5-19(24)6-4-17/h3-11,13,22H,12H2,1-2H3,(H,28,29). The summed E-state index contributed by atoms with van der Waals surface area (Å²) in [5.74, 6) is -0.867. The van der Waals surface area contributed by atoms with Crippen LogP contribution in [-0.4, -0.2) is 31.3 Å². The highest BCUT2D eigenvalue weighted by atomic mass is 35.5. The van der Waals surface area contributed by atoms with E-state index in [1.165, 1.54) is 11.8 Å². The van der Waals surface area contributed by atoms with E-state index in [1.54, 1.807) is 6.20 Å². The van der Waals surface area contributed by atoms with E-state index >= 15 is 0 Å². The maximum Gasteiger partial charge on any atom is 0.337 e. The monoisotopic (exact) mass is 437 g/mol. The zero-order valence-electron chi connectivity index (χ0n) is 16.5. The van der Waals surface area contributed by atoms with E-state index in [2.05, 4.69) is 16.0 Å². The quantitative estimate of drug-likeness (QED) is 0.578. The van der Waals surface area contributed by atoms with Gasteiger partial charge in [0.25, 0.3) is 0 Å². The van der Waals surface area contributed by atoms with Crippen LogP contribution in [0, 0.1) is 13.8 Å². The lowest BCUT2D eigenvalue weighted by Crippen LogP contribution is -2.31. The van der Waals surface area contributed by atoms with E-state index < -0.39 is 11.3 Å². The largest absolute Gasteiger partial charge is 0.479 e. The lowest BCUT2D eigenvalue weighted by molar-refractivity contribution is -0.139. The minimum atomic E-state index is -0.867. The number of hydrogen-bond donors (Lipinski definition) is 1. The van der Waals surface area contributed by atoms with Crippen molar-refractivity contribution in [3.63, 3.8) is 0 Å². The second-order valence-corrected chi connectivity index (χ2v) is 8.73. The summed E-state index contributed by atoms with van der Waals surface area (Å²) in [6.45, 7) is 4.43. The molecule has 0 amide bonds. The van der Waals surface area contributed by atoms with Crippen LogP contribution in [0.3, 0.4) is 0 Å². The molecule has 1 aliphatic heterocycles. The van der Waals surface area contributed by atoms with Gasteiger partial charge in [0.1, 0.15) is 0 Å². The van der Waals surface area contributed by atoms with Gasteiger partial charge in [0.2, 0.25) is 0 Å². The summed E-state index contributed by atoms with van der Waals surface area (Å²) in [5, 5.41) is 9.68. The molecule has 0 fully saturated rings. The summed E-state index contributed by atoms with van der Waals surface area (Å²) in [5.41, 5.74) is 5.83. The van der Waals surface area contributed by atoms with Crippen LogP contribution in [0.2, 0.25) is 5.02 Å². The van der Waals surface area contributed by atoms with Crippen LogP contribution in [0.4, 0.5) is 0 Å². The van der Waals surface area contributed by atoms with Crippen LogP contribution < -0.4 is 0 Å². The Balaban J connectivity index is 1.59. The number of rotatable bonds is 5. The molecule has 3 heterocycles. The molecule has 0 aliphatic carbocycles. The Morgan fingerprint density at radius 3 is 2.57 bits per heavy atom. The fraction of sp³-hybridized carbons (Fsp3) is 0.174.